The number of carbonyl (C=O) groups excluding carboxylic acids is 1. The maximum atomic E-state index is 14.0. The van der Waals surface area contributed by atoms with Crippen molar-refractivity contribution in [2.45, 2.75) is 31.9 Å². The molecule has 1 aliphatic carbocycles. The lowest BCUT2D eigenvalue weighted by Crippen LogP contribution is -2.40. The quantitative estimate of drug-likeness (QED) is 0.798. The van der Waals surface area contributed by atoms with Gasteiger partial charge in [-0.05, 0) is 51.9 Å². The van der Waals surface area contributed by atoms with Crippen LogP contribution in [0.15, 0.2) is 18.2 Å². The van der Waals surface area contributed by atoms with Gasteiger partial charge in [-0.15, -0.1) is 0 Å². The number of halogens is 2. The fourth-order valence-corrected chi connectivity index (χ4v) is 2.35. The Kier molecular flexibility index (Phi) is 6.07. The van der Waals surface area contributed by atoms with Crippen molar-refractivity contribution in [3.8, 4) is 0 Å². The van der Waals surface area contributed by atoms with Gasteiger partial charge in [-0.3, -0.25) is 4.79 Å². The highest BCUT2D eigenvalue weighted by Gasteiger charge is 2.26. The lowest BCUT2D eigenvalue weighted by molar-refractivity contribution is -0.132. The minimum atomic E-state index is -0.615. The molecule has 2 atom stereocenters. The van der Waals surface area contributed by atoms with Crippen LogP contribution in [0.1, 0.15) is 31.4 Å². The van der Waals surface area contributed by atoms with Gasteiger partial charge in [0.05, 0.1) is 12.6 Å². The van der Waals surface area contributed by atoms with E-state index in [9.17, 15) is 13.6 Å². The summed E-state index contributed by atoms with van der Waals surface area (Å²) in [5, 5.41) is 2.72. The molecule has 0 aliphatic heterocycles. The van der Waals surface area contributed by atoms with Crippen LogP contribution in [0.4, 0.5) is 8.78 Å². The summed E-state index contributed by atoms with van der Waals surface area (Å²) in [6.07, 6.45) is 1.75. The molecule has 6 heteroatoms. The third-order valence-electron chi connectivity index (χ3n) is 4.07. The van der Waals surface area contributed by atoms with E-state index in [0.717, 1.165) is 12.8 Å². The molecule has 1 aromatic carbocycles. The van der Waals surface area contributed by atoms with Gasteiger partial charge in [0.25, 0.3) is 0 Å². The van der Waals surface area contributed by atoms with Crippen molar-refractivity contribution >= 4 is 5.91 Å². The second kappa shape index (κ2) is 7.84. The van der Waals surface area contributed by atoms with Crippen LogP contribution in [0.25, 0.3) is 0 Å². The molecule has 1 amide bonds. The largest absolute Gasteiger partial charge is 0.368 e. The number of likely N-dealkylation sites (N-methyl/N-ethyl adjacent to an activating group) is 1. The van der Waals surface area contributed by atoms with Crippen LogP contribution in [0.3, 0.4) is 0 Å². The second-order valence-electron chi connectivity index (χ2n) is 6.28. The van der Waals surface area contributed by atoms with Gasteiger partial charge in [-0.25, -0.2) is 8.78 Å². The zero-order valence-electron chi connectivity index (χ0n) is 13.8. The summed E-state index contributed by atoms with van der Waals surface area (Å²) in [5.41, 5.74) is -0.0376. The molecule has 0 unspecified atom stereocenters. The molecule has 0 spiro atoms. The third kappa shape index (κ3) is 4.97. The van der Waals surface area contributed by atoms with Gasteiger partial charge in [0.1, 0.15) is 17.7 Å². The first-order chi connectivity index (χ1) is 10.9. The van der Waals surface area contributed by atoms with Crippen LogP contribution < -0.4 is 5.32 Å². The van der Waals surface area contributed by atoms with E-state index in [0.29, 0.717) is 12.5 Å². The number of hydrogen-bond donors (Lipinski definition) is 1. The van der Waals surface area contributed by atoms with Gasteiger partial charge < -0.3 is 15.0 Å². The molecular weight excluding hydrogens is 302 g/mol. The van der Waals surface area contributed by atoms with Gasteiger partial charge in [0.2, 0.25) is 5.91 Å². The van der Waals surface area contributed by atoms with Crippen LogP contribution in [-0.2, 0) is 9.53 Å². The van der Waals surface area contributed by atoms with Crippen LogP contribution in [0, 0.1) is 17.6 Å². The molecule has 2 rings (SSSR count). The number of ether oxygens (including phenoxy) is 1. The Morgan fingerprint density at radius 1 is 1.35 bits per heavy atom. The molecule has 1 N–H and O–H groups in total. The Morgan fingerprint density at radius 2 is 1.96 bits per heavy atom. The topological polar surface area (TPSA) is 41.6 Å². The van der Waals surface area contributed by atoms with E-state index in [1.54, 1.807) is 25.9 Å². The van der Waals surface area contributed by atoms with E-state index in [2.05, 4.69) is 5.32 Å². The lowest BCUT2D eigenvalue weighted by atomic mass is 10.0. The number of carbonyl (C=O) groups is 1. The van der Waals surface area contributed by atoms with Gasteiger partial charge in [0.15, 0.2) is 0 Å². The zero-order chi connectivity index (χ0) is 17.0. The molecule has 0 bridgehead atoms. The number of nitrogens with zero attached hydrogens (tertiary/aromatic N) is 1. The maximum Gasteiger partial charge on any atom is 0.248 e. The molecule has 1 aliphatic rings. The van der Waals surface area contributed by atoms with E-state index in [4.69, 9.17) is 4.74 Å². The lowest BCUT2D eigenvalue weighted by Gasteiger charge is -2.26. The van der Waals surface area contributed by atoms with Crippen molar-refractivity contribution < 1.29 is 18.3 Å². The van der Waals surface area contributed by atoms with Gasteiger partial charge in [-0.2, -0.15) is 0 Å². The predicted octanol–water partition coefficient (Wildman–Crippen LogP) is 2.50. The molecule has 1 saturated carbocycles. The Balaban J connectivity index is 1.95. The van der Waals surface area contributed by atoms with Crippen molar-refractivity contribution in [1.82, 2.24) is 10.2 Å². The molecule has 1 fully saturated rings. The van der Waals surface area contributed by atoms with Crippen LogP contribution in [0.2, 0.25) is 0 Å². The summed E-state index contributed by atoms with van der Waals surface area (Å²) < 4.78 is 33.4. The van der Waals surface area contributed by atoms with E-state index >= 15 is 0 Å². The number of rotatable bonds is 8. The molecule has 0 radical (unpaired) electrons. The summed E-state index contributed by atoms with van der Waals surface area (Å²) in [6.45, 7) is 2.39. The van der Waals surface area contributed by atoms with E-state index in [-0.39, 0.29) is 18.0 Å². The van der Waals surface area contributed by atoms with E-state index in [1.165, 1.54) is 18.2 Å². The van der Waals surface area contributed by atoms with Crippen LogP contribution in [-0.4, -0.2) is 44.2 Å². The number of amides is 1. The van der Waals surface area contributed by atoms with Gasteiger partial charge >= 0.3 is 0 Å². The Hall–Kier alpha value is -1.53. The first-order valence-corrected chi connectivity index (χ1v) is 7.89. The minimum absolute atomic E-state index is 0.0376. The van der Waals surface area contributed by atoms with Crippen molar-refractivity contribution in [2.75, 3.05) is 27.2 Å². The fourth-order valence-electron chi connectivity index (χ4n) is 2.35. The van der Waals surface area contributed by atoms with Gasteiger partial charge in [0, 0.05) is 12.1 Å². The molecule has 4 nitrogen and oxygen atoms in total. The maximum absolute atomic E-state index is 14.0. The Morgan fingerprint density at radius 3 is 2.48 bits per heavy atom. The van der Waals surface area contributed by atoms with Crippen molar-refractivity contribution in [3.63, 3.8) is 0 Å². The summed E-state index contributed by atoms with van der Waals surface area (Å²) in [7, 11) is 3.44. The summed E-state index contributed by atoms with van der Waals surface area (Å²) in [6, 6.07) is 3.18. The molecule has 23 heavy (non-hydrogen) atoms. The number of hydrogen-bond acceptors (Lipinski definition) is 3. The monoisotopic (exact) mass is 326 g/mol. The van der Waals surface area contributed by atoms with Crippen LogP contribution >= 0.6 is 0 Å². The Bertz CT molecular complexity index is 527. The average Bonchev–Trinajstić information content (AvgIpc) is 3.31. The molecular formula is C17H24F2N2O2. The van der Waals surface area contributed by atoms with Crippen molar-refractivity contribution in [3.05, 3.63) is 35.4 Å². The molecule has 1 aromatic rings. The number of nitrogens with one attached hydrogen (secondary N) is 1. The minimum Gasteiger partial charge on any atom is -0.368 e. The average molecular weight is 326 g/mol. The molecule has 128 valence electrons. The fraction of sp³-hybridized carbons (Fsp3) is 0.588. The molecule has 0 heterocycles. The highest BCUT2D eigenvalue weighted by atomic mass is 19.1. The Labute approximate surface area is 135 Å². The number of benzene rings is 1. The SMILES string of the molecule is C[C@@H](OCC1CC1)C(=O)NC[C@H](c1c(F)cccc1F)N(C)C. The first kappa shape index (κ1) is 17.8. The smallest absolute Gasteiger partial charge is 0.248 e. The van der Waals surface area contributed by atoms with Crippen LogP contribution in [0.5, 0.6) is 0 Å². The van der Waals surface area contributed by atoms with E-state index in [1.807, 2.05) is 0 Å². The zero-order valence-corrected chi connectivity index (χ0v) is 13.8. The third-order valence-corrected chi connectivity index (χ3v) is 4.07. The molecule has 0 aromatic heterocycles. The first-order valence-electron chi connectivity index (χ1n) is 7.89. The highest BCUT2D eigenvalue weighted by molar-refractivity contribution is 5.80. The highest BCUT2D eigenvalue weighted by Crippen LogP contribution is 2.29. The molecule has 0 saturated heterocycles. The summed E-state index contributed by atoms with van der Waals surface area (Å²) >= 11 is 0. The van der Waals surface area contributed by atoms with Crippen molar-refractivity contribution in [2.24, 2.45) is 5.92 Å². The second-order valence-corrected chi connectivity index (χ2v) is 6.28. The van der Waals surface area contributed by atoms with E-state index < -0.39 is 23.8 Å². The summed E-state index contributed by atoms with van der Waals surface area (Å²) in [4.78, 5) is 13.7. The van der Waals surface area contributed by atoms with Crippen molar-refractivity contribution in [1.29, 1.82) is 0 Å². The standard InChI is InChI=1S/C17H24F2N2O2/c1-11(23-10-12-7-8-12)17(22)20-9-15(21(2)3)16-13(18)5-4-6-14(16)19/h4-6,11-12,15H,7-10H2,1-3H3,(H,20,22)/t11-,15-/m1/s1. The summed E-state index contributed by atoms with van der Waals surface area (Å²) in [5.74, 6) is -0.923. The normalized spacial score (nSPS) is 17.1. The van der Waals surface area contributed by atoms with Gasteiger partial charge in [-0.1, -0.05) is 6.07 Å². The predicted molar refractivity (Wildman–Crippen MR) is 83.9 cm³/mol.